The number of ether oxygens (including phenoxy) is 2. The van der Waals surface area contributed by atoms with Gasteiger partial charge in [-0.2, -0.15) is 0 Å². The molecule has 7 nitrogen and oxygen atoms in total. The fraction of sp³-hybridized carbons (Fsp3) is 0.227. The number of carbonyl (C=O) groups excluding carboxylic acids is 2. The largest absolute Gasteiger partial charge is 0.493 e. The predicted molar refractivity (Wildman–Crippen MR) is 121 cm³/mol. The second kappa shape index (κ2) is 9.57. The minimum atomic E-state index is -1.01. The normalized spacial score (nSPS) is 15.1. The van der Waals surface area contributed by atoms with Crippen LogP contribution in [-0.2, 0) is 11.4 Å². The number of thioether (sulfide) groups is 1. The van der Waals surface area contributed by atoms with Crippen molar-refractivity contribution in [2.24, 2.45) is 0 Å². The van der Waals surface area contributed by atoms with Crippen LogP contribution in [0.2, 0.25) is 0 Å². The van der Waals surface area contributed by atoms with Crippen molar-refractivity contribution in [1.29, 1.82) is 0 Å². The summed E-state index contributed by atoms with van der Waals surface area (Å²) in [5.74, 6) is -0.459. The van der Waals surface area contributed by atoms with E-state index in [0.717, 1.165) is 11.8 Å². The van der Waals surface area contributed by atoms with Crippen molar-refractivity contribution in [2.45, 2.75) is 26.5 Å². The van der Waals surface area contributed by atoms with Crippen LogP contribution in [0, 0.1) is 0 Å². The first-order valence-electron chi connectivity index (χ1n) is 9.31. The van der Waals surface area contributed by atoms with Crippen LogP contribution in [0.5, 0.6) is 11.5 Å². The quantitative estimate of drug-likeness (QED) is 0.518. The maximum Gasteiger partial charge on any atom is 0.335 e. The summed E-state index contributed by atoms with van der Waals surface area (Å²) in [7, 11) is 1.50. The number of imide groups is 1. The van der Waals surface area contributed by atoms with Crippen LogP contribution in [0.3, 0.4) is 0 Å². The number of hydrogen-bond acceptors (Lipinski definition) is 6. The molecule has 1 fully saturated rings. The average molecular weight is 506 g/mol. The van der Waals surface area contributed by atoms with E-state index in [0.29, 0.717) is 32.0 Å². The molecule has 2 aromatic rings. The third kappa shape index (κ3) is 5.11. The van der Waals surface area contributed by atoms with Crippen LogP contribution in [-0.4, -0.2) is 40.3 Å². The Kier molecular flexibility index (Phi) is 7.07. The van der Waals surface area contributed by atoms with Crippen molar-refractivity contribution in [3.8, 4) is 11.5 Å². The molecule has 2 aromatic carbocycles. The molecule has 1 aliphatic heterocycles. The van der Waals surface area contributed by atoms with E-state index in [2.05, 4.69) is 15.9 Å². The zero-order valence-corrected chi connectivity index (χ0v) is 19.5. The van der Waals surface area contributed by atoms with Gasteiger partial charge in [0.05, 0.1) is 22.1 Å². The number of methoxy groups -OCH3 is 1. The molecule has 1 aliphatic rings. The number of aromatic carboxylic acids is 1. The molecule has 0 spiro atoms. The summed E-state index contributed by atoms with van der Waals surface area (Å²) in [5, 5.41) is 8.84. The molecule has 0 atom stereocenters. The Labute approximate surface area is 192 Å². The minimum absolute atomic E-state index is 0.142. The first kappa shape index (κ1) is 22.9. The predicted octanol–water partition coefficient (Wildman–Crippen LogP) is 5.18. The van der Waals surface area contributed by atoms with E-state index in [1.54, 1.807) is 50.3 Å². The van der Waals surface area contributed by atoms with Crippen LogP contribution in [0.25, 0.3) is 6.08 Å². The van der Waals surface area contributed by atoms with Gasteiger partial charge in [0.15, 0.2) is 11.5 Å². The number of carboxylic acid groups (broad SMARTS) is 1. The Hall–Kier alpha value is -2.78. The molecule has 31 heavy (non-hydrogen) atoms. The Balaban J connectivity index is 1.84. The lowest BCUT2D eigenvalue weighted by Crippen LogP contribution is -2.34. The summed E-state index contributed by atoms with van der Waals surface area (Å²) in [4.78, 5) is 37.3. The monoisotopic (exact) mass is 505 g/mol. The highest BCUT2D eigenvalue weighted by molar-refractivity contribution is 9.10. The van der Waals surface area contributed by atoms with Gasteiger partial charge in [0.2, 0.25) is 0 Å². The fourth-order valence-corrected chi connectivity index (χ4v) is 4.52. The van der Waals surface area contributed by atoms with Crippen LogP contribution in [0.4, 0.5) is 4.79 Å². The molecular formula is C22H20BrNO6S. The molecule has 0 aromatic heterocycles. The van der Waals surface area contributed by atoms with Crippen molar-refractivity contribution in [1.82, 2.24) is 4.90 Å². The maximum atomic E-state index is 12.5. The van der Waals surface area contributed by atoms with Gasteiger partial charge in [0.25, 0.3) is 11.1 Å². The highest BCUT2D eigenvalue weighted by atomic mass is 79.9. The van der Waals surface area contributed by atoms with Crippen molar-refractivity contribution >= 4 is 50.9 Å². The number of carbonyl (C=O) groups is 3. The Morgan fingerprint density at radius 3 is 2.61 bits per heavy atom. The second-order valence-corrected chi connectivity index (χ2v) is 8.82. The standard InChI is InChI=1S/C22H20BrNO6S/c1-12(2)24-20(25)18(31-22(24)28)10-14-8-16(23)19(17(9-14)29-3)30-11-13-5-4-6-15(7-13)21(26)27/h4-10,12H,11H2,1-3H3,(H,26,27)/b18-10+. The highest BCUT2D eigenvalue weighted by Crippen LogP contribution is 2.39. The first-order chi connectivity index (χ1) is 14.7. The van der Waals surface area contributed by atoms with E-state index in [-0.39, 0.29) is 29.4 Å². The SMILES string of the molecule is COc1cc(/C=C2/SC(=O)N(C(C)C)C2=O)cc(Br)c1OCc1cccc(C(=O)O)c1. The molecule has 2 amide bonds. The highest BCUT2D eigenvalue weighted by Gasteiger charge is 2.36. The van der Waals surface area contributed by atoms with Gasteiger partial charge in [-0.15, -0.1) is 0 Å². The van der Waals surface area contributed by atoms with E-state index in [4.69, 9.17) is 14.6 Å². The number of amides is 2. The van der Waals surface area contributed by atoms with Crippen molar-refractivity contribution in [3.63, 3.8) is 0 Å². The number of rotatable bonds is 7. The fourth-order valence-electron chi connectivity index (χ4n) is 2.99. The summed E-state index contributed by atoms with van der Waals surface area (Å²) in [6, 6.07) is 9.73. The van der Waals surface area contributed by atoms with Crippen molar-refractivity contribution < 1.29 is 29.0 Å². The molecule has 3 rings (SSSR count). The molecule has 9 heteroatoms. The first-order valence-corrected chi connectivity index (χ1v) is 10.9. The third-order valence-electron chi connectivity index (χ3n) is 4.45. The van der Waals surface area contributed by atoms with Crippen LogP contribution in [0.15, 0.2) is 45.8 Å². The number of benzene rings is 2. The Bertz CT molecular complexity index is 1080. The maximum absolute atomic E-state index is 12.5. The number of nitrogens with zero attached hydrogens (tertiary/aromatic N) is 1. The number of halogens is 1. The number of carboxylic acids is 1. The average Bonchev–Trinajstić information content (AvgIpc) is 3.00. The Morgan fingerprint density at radius 2 is 2.00 bits per heavy atom. The molecular weight excluding hydrogens is 486 g/mol. The van der Waals surface area contributed by atoms with E-state index in [1.807, 2.05) is 0 Å². The summed E-state index contributed by atoms with van der Waals surface area (Å²) in [6.45, 7) is 3.72. The lowest BCUT2D eigenvalue weighted by Gasteiger charge is -2.16. The molecule has 0 aliphatic carbocycles. The van der Waals surface area contributed by atoms with Crippen LogP contribution in [0.1, 0.15) is 35.3 Å². The van der Waals surface area contributed by atoms with Crippen LogP contribution >= 0.6 is 27.7 Å². The smallest absolute Gasteiger partial charge is 0.335 e. The zero-order valence-electron chi connectivity index (χ0n) is 17.0. The minimum Gasteiger partial charge on any atom is -0.493 e. The molecule has 1 heterocycles. The molecule has 0 unspecified atom stereocenters. The second-order valence-electron chi connectivity index (χ2n) is 6.97. The molecule has 0 radical (unpaired) electrons. The van der Waals surface area contributed by atoms with Gasteiger partial charge in [-0.3, -0.25) is 14.5 Å². The van der Waals surface area contributed by atoms with Gasteiger partial charge in [-0.1, -0.05) is 12.1 Å². The molecule has 1 saturated heterocycles. The van der Waals surface area contributed by atoms with Crippen molar-refractivity contribution in [3.05, 3.63) is 62.5 Å². The van der Waals surface area contributed by atoms with Gasteiger partial charge in [0.1, 0.15) is 6.61 Å². The van der Waals surface area contributed by atoms with E-state index in [1.165, 1.54) is 18.1 Å². The summed E-state index contributed by atoms with van der Waals surface area (Å²) in [6.07, 6.45) is 1.64. The van der Waals surface area contributed by atoms with Crippen LogP contribution < -0.4 is 9.47 Å². The summed E-state index contributed by atoms with van der Waals surface area (Å²) < 4.78 is 11.9. The molecule has 0 saturated carbocycles. The summed E-state index contributed by atoms with van der Waals surface area (Å²) in [5.41, 5.74) is 1.54. The Morgan fingerprint density at radius 1 is 1.26 bits per heavy atom. The molecule has 0 bridgehead atoms. The van der Waals surface area contributed by atoms with Gasteiger partial charge in [-0.05, 0) is 83.0 Å². The topological polar surface area (TPSA) is 93.1 Å². The van der Waals surface area contributed by atoms with E-state index < -0.39 is 5.97 Å². The lowest BCUT2D eigenvalue weighted by molar-refractivity contribution is -0.123. The summed E-state index contributed by atoms with van der Waals surface area (Å²) >= 11 is 4.37. The van der Waals surface area contributed by atoms with E-state index in [9.17, 15) is 14.4 Å². The number of hydrogen-bond donors (Lipinski definition) is 1. The lowest BCUT2D eigenvalue weighted by atomic mass is 10.1. The zero-order chi connectivity index (χ0) is 22.7. The van der Waals surface area contributed by atoms with Gasteiger partial charge in [-0.25, -0.2) is 4.79 Å². The van der Waals surface area contributed by atoms with Crippen molar-refractivity contribution in [2.75, 3.05) is 7.11 Å². The molecule has 162 valence electrons. The molecule has 1 N–H and O–H groups in total. The van der Waals surface area contributed by atoms with E-state index >= 15 is 0 Å². The van der Waals surface area contributed by atoms with Gasteiger partial charge < -0.3 is 14.6 Å². The third-order valence-corrected chi connectivity index (χ3v) is 5.92. The van der Waals surface area contributed by atoms with Gasteiger partial charge >= 0.3 is 5.97 Å². The van der Waals surface area contributed by atoms with Gasteiger partial charge in [0, 0.05) is 6.04 Å².